The molecular weight excluding hydrogens is 552 g/mol. The Balaban J connectivity index is 1.42. The van der Waals surface area contributed by atoms with E-state index in [2.05, 4.69) is 25.8 Å². The maximum absolute atomic E-state index is 15.1. The van der Waals surface area contributed by atoms with Gasteiger partial charge in [0.05, 0.1) is 12.3 Å². The number of hydrogen-bond acceptors (Lipinski definition) is 8. The van der Waals surface area contributed by atoms with Crippen LogP contribution < -0.4 is 26.6 Å². The molecule has 3 heterocycles. The van der Waals surface area contributed by atoms with Crippen LogP contribution in [0.2, 0.25) is 0 Å². The summed E-state index contributed by atoms with van der Waals surface area (Å²) < 4.78 is 36.3. The lowest BCUT2D eigenvalue weighted by Crippen LogP contribution is -2.42. The van der Waals surface area contributed by atoms with E-state index in [9.17, 15) is 23.9 Å². The number of amides is 1. The smallest absolute Gasteiger partial charge is 0.335 e. The molecule has 3 aromatic heterocycles. The lowest BCUT2D eigenvalue weighted by molar-refractivity contribution is 0.102. The molecule has 5 aromatic rings. The van der Waals surface area contributed by atoms with E-state index in [-0.39, 0.29) is 47.6 Å². The Bertz CT molecular complexity index is 1900. The number of halogens is 2. The number of aromatic nitrogens is 5. The maximum atomic E-state index is 15.1. The monoisotopic (exact) mass is 577 g/mol. The lowest BCUT2D eigenvalue weighted by Gasteiger charge is -2.13. The first-order valence-electron chi connectivity index (χ1n) is 12.8. The first-order valence-corrected chi connectivity index (χ1v) is 12.8. The van der Waals surface area contributed by atoms with Gasteiger partial charge in [-0.2, -0.15) is 5.10 Å². The number of fused-ring (bicyclic) bond motifs is 1. The third-order valence-corrected chi connectivity index (χ3v) is 6.32. The number of anilines is 2. The molecule has 0 aliphatic rings. The van der Waals surface area contributed by atoms with Gasteiger partial charge in [0.2, 0.25) is 0 Å². The van der Waals surface area contributed by atoms with E-state index in [1.54, 1.807) is 13.8 Å². The summed E-state index contributed by atoms with van der Waals surface area (Å²) in [5, 5.41) is 22.2. The van der Waals surface area contributed by atoms with Crippen molar-refractivity contribution < 1.29 is 23.4 Å². The minimum Gasteiger partial charge on any atom is -0.453 e. The summed E-state index contributed by atoms with van der Waals surface area (Å²) in [5.74, 6) is -1.83. The normalized spacial score (nSPS) is 11.8. The fraction of sp³-hybridized carbons (Fsp3) is 0.179. The van der Waals surface area contributed by atoms with Crippen molar-refractivity contribution in [3.8, 4) is 17.2 Å². The highest BCUT2D eigenvalue weighted by Crippen LogP contribution is 2.34. The summed E-state index contributed by atoms with van der Waals surface area (Å²) in [7, 11) is 0. The number of ether oxygens (including phenoxy) is 1. The Morgan fingerprint density at radius 3 is 2.57 bits per heavy atom. The van der Waals surface area contributed by atoms with Crippen LogP contribution in [0.3, 0.4) is 0 Å². The zero-order valence-electron chi connectivity index (χ0n) is 22.4. The molecule has 0 unspecified atom stereocenters. The fourth-order valence-electron chi connectivity index (χ4n) is 4.17. The molecule has 4 N–H and O–H groups in total. The van der Waals surface area contributed by atoms with Crippen LogP contribution in [-0.4, -0.2) is 48.0 Å². The van der Waals surface area contributed by atoms with Crippen molar-refractivity contribution >= 4 is 28.4 Å². The molecule has 2 aromatic carbocycles. The van der Waals surface area contributed by atoms with Crippen molar-refractivity contribution in [2.45, 2.75) is 26.4 Å². The van der Waals surface area contributed by atoms with Crippen LogP contribution in [0.25, 0.3) is 16.7 Å². The van der Waals surface area contributed by atoms with Gasteiger partial charge in [-0.1, -0.05) is 0 Å². The Morgan fingerprint density at radius 2 is 1.88 bits per heavy atom. The fourth-order valence-corrected chi connectivity index (χ4v) is 4.17. The van der Waals surface area contributed by atoms with Gasteiger partial charge < -0.3 is 20.5 Å². The van der Waals surface area contributed by atoms with E-state index in [0.29, 0.717) is 16.9 Å². The number of carbonyl (C=O) groups excluding carboxylic acids is 1. The number of aryl methyl sites for hydroxylation is 1. The van der Waals surface area contributed by atoms with E-state index in [0.717, 1.165) is 33.5 Å². The van der Waals surface area contributed by atoms with Gasteiger partial charge >= 0.3 is 5.69 Å². The molecule has 216 valence electrons. The Labute approximate surface area is 236 Å². The molecule has 0 spiro atoms. The molecule has 0 aliphatic heterocycles. The van der Waals surface area contributed by atoms with Crippen LogP contribution >= 0.6 is 0 Å². The number of rotatable bonds is 9. The van der Waals surface area contributed by atoms with Gasteiger partial charge in [0.25, 0.3) is 11.5 Å². The summed E-state index contributed by atoms with van der Waals surface area (Å²) >= 11 is 0. The van der Waals surface area contributed by atoms with E-state index in [1.807, 2.05) is 0 Å². The van der Waals surface area contributed by atoms with E-state index in [1.165, 1.54) is 36.5 Å². The van der Waals surface area contributed by atoms with Gasteiger partial charge in [0.1, 0.15) is 22.5 Å². The second-order valence-electron chi connectivity index (χ2n) is 9.26. The van der Waals surface area contributed by atoms with Gasteiger partial charge in [0, 0.05) is 42.8 Å². The van der Waals surface area contributed by atoms with Crippen molar-refractivity contribution in [2.24, 2.45) is 0 Å². The van der Waals surface area contributed by atoms with Gasteiger partial charge in [-0.05, 0) is 50.2 Å². The number of nitrogens with one attached hydrogen (secondary N) is 3. The Hall–Kier alpha value is -5.37. The minimum atomic E-state index is -0.920. The zero-order chi connectivity index (χ0) is 30.0. The molecule has 14 heteroatoms. The average Bonchev–Trinajstić information content (AvgIpc) is 3.39. The number of hydrogen-bond donors (Lipinski definition) is 4. The van der Waals surface area contributed by atoms with Crippen molar-refractivity contribution in [3.05, 3.63) is 99.0 Å². The highest BCUT2D eigenvalue weighted by molar-refractivity contribution is 6.04. The second kappa shape index (κ2) is 11.6. The molecule has 0 fully saturated rings. The Kier molecular flexibility index (Phi) is 7.80. The van der Waals surface area contributed by atoms with Crippen LogP contribution in [0.15, 0.2) is 70.5 Å². The van der Waals surface area contributed by atoms with Gasteiger partial charge in [-0.15, -0.1) is 0 Å². The number of pyridine rings is 1. The van der Waals surface area contributed by atoms with Crippen LogP contribution in [0.4, 0.5) is 20.3 Å². The van der Waals surface area contributed by atoms with E-state index >= 15 is 4.39 Å². The Morgan fingerprint density at radius 1 is 1.12 bits per heavy atom. The van der Waals surface area contributed by atoms with E-state index in [4.69, 9.17) is 4.74 Å². The number of carbonyl (C=O) groups is 1. The summed E-state index contributed by atoms with van der Waals surface area (Å²) in [6.07, 6.45) is 2.58. The predicted molar refractivity (Wildman–Crippen MR) is 150 cm³/mol. The third kappa shape index (κ3) is 5.47. The minimum absolute atomic E-state index is 0.0224. The maximum Gasteiger partial charge on any atom is 0.335 e. The third-order valence-electron chi connectivity index (χ3n) is 6.32. The second-order valence-corrected chi connectivity index (χ2v) is 9.26. The SMILES string of the molecule is CCn1cc(C(=O)Nc2ccc(Oc3ccnc4[nH]nc(N[C@H](C)CO)c34)c(F)c2)c(=O)n(-c2ccc(F)cc2)c1=O. The van der Waals surface area contributed by atoms with Crippen LogP contribution in [0.5, 0.6) is 11.5 Å². The summed E-state index contributed by atoms with van der Waals surface area (Å²) in [4.78, 5) is 43.3. The van der Waals surface area contributed by atoms with Crippen LogP contribution in [0, 0.1) is 11.6 Å². The highest BCUT2D eigenvalue weighted by Gasteiger charge is 2.20. The number of nitrogens with zero attached hydrogens (tertiary/aromatic N) is 4. The summed E-state index contributed by atoms with van der Waals surface area (Å²) in [6, 6.07) is 9.58. The highest BCUT2D eigenvalue weighted by atomic mass is 19.1. The largest absolute Gasteiger partial charge is 0.453 e. The summed E-state index contributed by atoms with van der Waals surface area (Å²) in [6.45, 7) is 3.41. The molecule has 0 radical (unpaired) electrons. The van der Waals surface area contributed by atoms with Crippen LogP contribution in [-0.2, 0) is 6.54 Å². The number of aromatic amines is 1. The molecule has 0 saturated carbocycles. The lowest BCUT2D eigenvalue weighted by atomic mass is 10.2. The standard InChI is InChI=1S/C28H25F2N7O5/c1-3-36-13-19(27(40)37(28(36)41)18-7-4-16(29)5-8-18)26(39)33-17-6-9-21(20(30)12-17)42-22-10-11-31-24-23(22)25(35-34-24)32-15(2)14-38/h4-13,15,38H,3,14H2,1-2H3,(H,33,39)(H2,31,32,34,35)/t15-/m1/s1. The molecule has 42 heavy (non-hydrogen) atoms. The van der Waals surface area contributed by atoms with Gasteiger partial charge in [-0.25, -0.2) is 23.1 Å². The molecular formula is C28H25F2N7O5. The first-order chi connectivity index (χ1) is 20.2. The van der Waals surface area contributed by atoms with Gasteiger partial charge in [0.15, 0.2) is 23.0 Å². The van der Waals surface area contributed by atoms with Crippen molar-refractivity contribution in [1.82, 2.24) is 24.3 Å². The van der Waals surface area contributed by atoms with E-state index < -0.39 is 28.8 Å². The molecule has 1 amide bonds. The quantitative estimate of drug-likeness (QED) is 0.208. The van der Waals surface area contributed by atoms with Crippen molar-refractivity contribution in [3.63, 3.8) is 0 Å². The molecule has 5 rings (SSSR count). The molecule has 12 nitrogen and oxygen atoms in total. The number of H-pyrrole nitrogens is 1. The van der Waals surface area contributed by atoms with Crippen molar-refractivity contribution in [1.29, 1.82) is 0 Å². The predicted octanol–water partition coefficient (Wildman–Crippen LogP) is 3.41. The van der Waals surface area contributed by atoms with Crippen molar-refractivity contribution in [2.75, 3.05) is 17.2 Å². The number of aliphatic hydroxyl groups excluding tert-OH is 1. The molecule has 0 saturated heterocycles. The topological polar surface area (TPSA) is 156 Å². The molecule has 1 atom stereocenters. The zero-order valence-corrected chi connectivity index (χ0v) is 22.4. The summed E-state index contributed by atoms with van der Waals surface area (Å²) in [5.41, 5.74) is -1.51. The number of benzene rings is 2. The molecule has 0 aliphatic carbocycles. The number of aliphatic hydroxyl groups is 1. The van der Waals surface area contributed by atoms with Crippen LogP contribution in [0.1, 0.15) is 24.2 Å². The van der Waals surface area contributed by atoms with Gasteiger partial charge in [-0.3, -0.25) is 19.3 Å². The molecule has 0 bridgehead atoms. The first kappa shape index (κ1) is 28.2. The average molecular weight is 578 g/mol.